The zero-order chi connectivity index (χ0) is 18.6. The first-order valence-electron chi connectivity index (χ1n) is 9.21. The number of hydrogen-bond donors (Lipinski definition) is 3. The molecule has 3 nitrogen and oxygen atoms in total. The predicted molar refractivity (Wildman–Crippen MR) is 106 cm³/mol. The first-order valence-corrected chi connectivity index (χ1v) is 9.21. The van der Waals surface area contributed by atoms with Crippen molar-refractivity contribution >= 4 is 5.69 Å². The summed E-state index contributed by atoms with van der Waals surface area (Å²) in [6.07, 6.45) is 1.62. The van der Waals surface area contributed by atoms with Gasteiger partial charge >= 0.3 is 0 Å². The van der Waals surface area contributed by atoms with Gasteiger partial charge in [-0.05, 0) is 78.3 Å². The number of unbranched alkanes of at least 4 members (excludes halogenated alkanes) is 1. The van der Waals surface area contributed by atoms with Crippen LogP contribution in [0.5, 0.6) is 5.75 Å². The lowest BCUT2D eigenvalue weighted by molar-refractivity contribution is 0.218. The van der Waals surface area contributed by atoms with Gasteiger partial charge < -0.3 is 15.5 Å². The fraction of sp³-hybridized carbons (Fsp3) is 0.455. The van der Waals surface area contributed by atoms with Gasteiger partial charge in [0.25, 0.3) is 0 Å². The molecular formula is C22H31NO2. The smallest absolute Gasteiger partial charge is 0.119 e. The van der Waals surface area contributed by atoms with Gasteiger partial charge in [0.15, 0.2) is 0 Å². The molecule has 0 aliphatic rings. The van der Waals surface area contributed by atoms with Crippen LogP contribution < -0.4 is 5.32 Å². The molecule has 0 aromatic heterocycles. The summed E-state index contributed by atoms with van der Waals surface area (Å²) in [5.41, 5.74) is 5.88. The molecule has 2 aromatic carbocycles. The molecule has 0 bridgehead atoms. The number of phenols is 1. The summed E-state index contributed by atoms with van der Waals surface area (Å²) >= 11 is 0. The standard InChI is InChI=1S/C22H31NO2/c1-6-7-10-23-18-11-15(4)21(16(5)12-18)22(25)17-8-9-20(24)19(13-17)14(2)3/h8-9,11-14,22-25H,6-7,10H2,1-5H3. The van der Waals surface area contributed by atoms with Gasteiger partial charge in [-0.1, -0.05) is 33.3 Å². The van der Waals surface area contributed by atoms with Gasteiger partial charge in [-0.15, -0.1) is 0 Å². The molecule has 25 heavy (non-hydrogen) atoms. The second kappa shape index (κ2) is 8.39. The molecule has 0 radical (unpaired) electrons. The van der Waals surface area contributed by atoms with E-state index in [0.29, 0.717) is 0 Å². The molecule has 0 spiro atoms. The summed E-state index contributed by atoms with van der Waals surface area (Å²) in [6, 6.07) is 9.60. The van der Waals surface area contributed by atoms with Crippen molar-refractivity contribution in [1.29, 1.82) is 0 Å². The maximum Gasteiger partial charge on any atom is 0.119 e. The average molecular weight is 341 g/mol. The maximum atomic E-state index is 11.0. The number of benzene rings is 2. The lowest BCUT2D eigenvalue weighted by Crippen LogP contribution is -2.08. The lowest BCUT2D eigenvalue weighted by Gasteiger charge is -2.20. The van der Waals surface area contributed by atoms with Crippen molar-refractivity contribution < 1.29 is 10.2 Å². The summed E-state index contributed by atoms with van der Waals surface area (Å²) in [7, 11) is 0. The van der Waals surface area contributed by atoms with Crippen LogP contribution in [0.25, 0.3) is 0 Å². The highest BCUT2D eigenvalue weighted by molar-refractivity contribution is 5.54. The SMILES string of the molecule is CCCCNc1cc(C)c(C(O)c2ccc(O)c(C(C)C)c2)c(C)c1. The van der Waals surface area contributed by atoms with E-state index in [9.17, 15) is 10.2 Å². The molecule has 0 amide bonds. The van der Waals surface area contributed by atoms with E-state index < -0.39 is 6.10 Å². The molecule has 2 aromatic rings. The molecule has 1 atom stereocenters. The van der Waals surface area contributed by atoms with Crippen LogP contribution in [0.15, 0.2) is 30.3 Å². The van der Waals surface area contributed by atoms with E-state index in [4.69, 9.17) is 0 Å². The van der Waals surface area contributed by atoms with Crippen molar-refractivity contribution in [1.82, 2.24) is 0 Å². The normalized spacial score (nSPS) is 12.4. The fourth-order valence-corrected chi connectivity index (χ4v) is 3.29. The van der Waals surface area contributed by atoms with E-state index in [-0.39, 0.29) is 11.7 Å². The number of hydrogen-bond acceptors (Lipinski definition) is 3. The summed E-state index contributed by atoms with van der Waals surface area (Å²) < 4.78 is 0. The van der Waals surface area contributed by atoms with Crippen LogP contribution in [0.3, 0.4) is 0 Å². The number of aliphatic hydroxyl groups excluding tert-OH is 1. The van der Waals surface area contributed by atoms with Gasteiger partial charge in [0, 0.05) is 12.2 Å². The Morgan fingerprint density at radius 3 is 2.24 bits per heavy atom. The highest BCUT2D eigenvalue weighted by Gasteiger charge is 2.18. The molecule has 0 fully saturated rings. The Bertz CT molecular complexity index is 699. The van der Waals surface area contributed by atoms with Gasteiger partial charge in [-0.3, -0.25) is 0 Å². The van der Waals surface area contributed by atoms with E-state index in [1.807, 2.05) is 33.8 Å². The molecule has 0 aliphatic heterocycles. The number of phenolic OH excluding ortho intramolecular Hbond substituents is 1. The Kier molecular flexibility index (Phi) is 6.49. The molecule has 3 N–H and O–H groups in total. The number of anilines is 1. The zero-order valence-electron chi connectivity index (χ0n) is 16.1. The molecule has 0 saturated heterocycles. The van der Waals surface area contributed by atoms with Crippen LogP contribution in [0, 0.1) is 13.8 Å². The first kappa shape index (κ1) is 19.3. The Morgan fingerprint density at radius 2 is 1.68 bits per heavy atom. The van der Waals surface area contributed by atoms with Crippen molar-refractivity contribution in [2.24, 2.45) is 0 Å². The quantitative estimate of drug-likeness (QED) is 0.589. The van der Waals surface area contributed by atoms with Crippen molar-refractivity contribution in [2.45, 2.75) is 59.5 Å². The Labute approximate surface area is 151 Å². The predicted octanol–water partition coefficient (Wildman–Crippen LogP) is 5.43. The summed E-state index contributed by atoms with van der Waals surface area (Å²) in [5.74, 6) is 0.495. The number of aryl methyl sites for hydroxylation is 2. The highest BCUT2D eigenvalue weighted by atomic mass is 16.3. The van der Waals surface area contributed by atoms with Gasteiger partial charge in [-0.25, -0.2) is 0 Å². The number of aromatic hydroxyl groups is 1. The molecule has 1 unspecified atom stereocenters. The summed E-state index contributed by atoms with van der Waals surface area (Å²) in [5, 5.41) is 24.4. The lowest BCUT2D eigenvalue weighted by atomic mass is 9.90. The van der Waals surface area contributed by atoms with E-state index in [1.54, 1.807) is 12.1 Å². The Morgan fingerprint density at radius 1 is 1.04 bits per heavy atom. The number of rotatable bonds is 7. The second-order valence-corrected chi connectivity index (χ2v) is 7.18. The highest BCUT2D eigenvalue weighted by Crippen LogP contribution is 2.34. The van der Waals surface area contributed by atoms with Gasteiger partial charge in [0.1, 0.15) is 11.9 Å². The molecule has 0 aliphatic carbocycles. The van der Waals surface area contributed by atoms with E-state index in [0.717, 1.165) is 46.5 Å². The fourth-order valence-electron chi connectivity index (χ4n) is 3.29. The summed E-state index contributed by atoms with van der Waals surface area (Å²) in [4.78, 5) is 0. The van der Waals surface area contributed by atoms with Gasteiger partial charge in [0.05, 0.1) is 0 Å². The largest absolute Gasteiger partial charge is 0.508 e. The Balaban J connectivity index is 2.33. The number of nitrogens with one attached hydrogen (secondary N) is 1. The van der Waals surface area contributed by atoms with Crippen LogP contribution in [0.1, 0.15) is 73.5 Å². The van der Waals surface area contributed by atoms with Gasteiger partial charge in [0.2, 0.25) is 0 Å². The van der Waals surface area contributed by atoms with Crippen molar-refractivity contribution in [2.75, 3.05) is 11.9 Å². The maximum absolute atomic E-state index is 11.0. The van der Waals surface area contributed by atoms with E-state index in [2.05, 4.69) is 24.4 Å². The third-order valence-corrected chi connectivity index (χ3v) is 4.72. The monoisotopic (exact) mass is 341 g/mol. The molecule has 2 rings (SSSR count). The topological polar surface area (TPSA) is 52.5 Å². The second-order valence-electron chi connectivity index (χ2n) is 7.18. The molecule has 0 heterocycles. The van der Waals surface area contributed by atoms with Crippen molar-refractivity contribution in [3.8, 4) is 5.75 Å². The van der Waals surface area contributed by atoms with E-state index >= 15 is 0 Å². The molecular weight excluding hydrogens is 310 g/mol. The third-order valence-electron chi connectivity index (χ3n) is 4.72. The van der Waals surface area contributed by atoms with E-state index in [1.165, 1.54) is 6.42 Å². The molecule has 3 heteroatoms. The van der Waals surface area contributed by atoms with Gasteiger partial charge in [-0.2, -0.15) is 0 Å². The molecule has 136 valence electrons. The van der Waals surface area contributed by atoms with Crippen LogP contribution in [0.2, 0.25) is 0 Å². The van der Waals surface area contributed by atoms with Crippen molar-refractivity contribution in [3.63, 3.8) is 0 Å². The molecule has 0 saturated carbocycles. The van der Waals surface area contributed by atoms with Crippen LogP contribution in [-0.4, -0.2) is 16.8 Å². The minimum absolute atomic E-state index is 0.208. The first-order chi connectivity index (χ1) is 11.8. The zero-order valence-corrected chi connectivity index (χ0v) is 16.1. The Hall–Kier alpha value is -2.00. The number of aliphatic hydroxyl groups is 1. The average Bonchev–Trinajstić information content (AvgIpc) is 2.54. The van der Waals surface area contributed by atoms with Crippen molar-refractivity contribution in [3.05, 3.63) is 58.1 Å². The summed E-state index contributed by atoms with van der Waals surface area (Å²) in [6.45, 7) is 11.3. The minimum Gasteiger partial charge on any atom is -0.508 e. The van der Waals surface area contributed by atoms with Crippen LogP contribution in [-0.2, 0) is 0 Å². The van der Waals surface area contributed by atoms with Crippen LogP contribution >= 0.6 is 0 Å². The minimum atomic E-state index is -0.692. The van der Waals surface area contributed by atoms with Crippen LogP contribution in [0.4, 0.5) is 5.69 Å². The third kappa shape index (κ3) is 4.55.